The van der Waals surface area contributed by atoms with Crippen molar-refractivity contribution in [2.75, 3.05) is 33.9 Å². The molecule has 3 N–H and O–H groups in total. The Balaban J connectivity index is 0.00000450. The number of nitrogens with zero attached hydrogens (tertiary/aromatic N) is 1. The number of hydrogen-bond acceptors (Lipinski definition) is 4. The van der Waals surface area contributed by atoms with E-state index in [4.69, 9.17) is 9.47 Å². The number of guanidine groups is 1. The van der Waals surface area contributed by atoms with Crippen molar-refractivity contribution in [1.82, 2.24) is 10.6 Å². The van der Waals surface area contributed by atoms with Crippen LogP contribution in [0.1, 0.15) is 29.7 Å². The molecule has 0 heterocycles. The summed E-state index contributed by atoms with van der Waals surface area (Å²) in [4.78, 5) is 4.47. The van der Waals surface area contributed by atoms with Gasteiger partial charge in [0.05, 0.1) is 26.9 Å². The molecule has 30 heavy (non-hydrogen) atoms. The molecule has 0 aliphatic carbocycles. The lowest BCUT2D eigenvalue weighted by atomic mass is 10.1. The maximum Gasteiger partial charge on any atom is 0.191 e. The molecule has 0 aliphatic rings. The predicted molar refractivity (Wildman–Crippen MR) is 129 cm³/mol. The molecule has 2 aromatic carbocycles. The molecule has 0 amide bonds. The molecule has 6 nitrogen and oxygen atoms in total. The smallest absolute Gasteiger partial charge is 0.191 e. The molecule has 0 fully saturated rings. The van der Waals surface area contributed by atoms with Crippen LogP contribution in [0.25, 0.3) is 0 Å². The van der Waals surface area contributed by atoms with Gasteiger partial charge in [-0.05, 0) is 61.2 Å². The van der Waals surface area contributed by atoms with Crippen LogP contribution in [0.3, 0.4) is 0 Å². The number of rotatable bonds is 9. The van der Waals surface area contributed by atoms with E-state index in [2.05, 4.69) is 15.6 Å². The van der Waals surface area contributed by atoms with Gasteiger partial charge in [-0.25, -0.2) is 4.39 Å². The van der Waals surface area contributed by atoms with Gasteiger partial charge in [0.15, 0.2) is 17.5 Å². The number of ether oxygens (including phenoxy) is 2. The number of methoxy groups -OCH3 is 2. The monoisotopic (exact) mass is 531 g/mol. The van der Waals surface area contributed by atoms with Crippen LogP contribution in [0, 0.1) is 12.7 Å². The largest absolute Gasteiger partial charge is 0.493 e. The summed E-state index contributed by atoms with van der Waals surface area (Å²) in [5, 5.41) is 16.9. The highest BCUT2D eigenvalue weighted by atomic mass is 127. The van der Waals surface area contributed by atoms with Crippen molar-refractivity contribution in [3.63, 3.8) is 0 Å². The molecule has 0 saturated carbocycles. The molecule has 1 unspecified atom stereocenters. The molecule has 1 atom stereocenters. The van der Waals surface area contributed by atoms with E-state index in [9.17, 15) is 9.50 Å². The quantitative estimate of drug-likeness (QED) is 0.262. The van der Waals surface area contributed by atoms with E-state index >= 15 is 0 Å². The standard InChI is InChI=1S/C22H30FN3O3.HI/c1-5-24-22(25-11-10-16-6-8-18(23)12-15(16)2)26-14-19(27)17-7-9-20(28-3)21(13-17)29-4;/h6-9,12-13,19,27H,5,10-11,14H2,1-4H3,(H2,24,25,26);1H. The Morgan fingerprint density at radius 2 is 1.83 bits per heavy atom. The van der Waals surface area contributed by atoms with E-state index in [1.54, 1.807) is 38.5 Å². The minimum absolute atomic E-state index is 0. The van der Waals surface area contributed by atoms with Crippen molar-refractivity contribution in [3.8, 4) is 11.5 Å². The van der Waals surface area contributed by atoms with Gasteiger partial charge in [-0.1, -0.05) is 12.1 Å². The van der Waals surface area contributed by atoms with Gasteiger partial charge >= 0.3 is 0 Å². The number of hydrogen-bond donors (Lipinski definition) is 3. The second kappa shape index (κ2) is 13.3. The van der Waals surface area contributed by atoms with Crippen LogP contribution in [0.15, 0.2) is 41.4 Å². The molecule has 2 rings (SSSR count). The summed E-state index contributed by atoms with van der Waals surface area (Å²) >= 11 is 0. The summed E-state index contributed by atoms with van der Waals surface area (Å²) in [5.41, 5.74) is 2.71. The van der Waals surface area contributed by atoms with Gasteiger partial charge in [-0.2, -0.15) is 0 Å². The van der Waals surface area contributed by atoms with E-state index in [1.807, 2.05) is 13.8 Å². The second-order valence-electron chi connectivity index (χ2n) is 6.60. The molecule has 0 bridgehead atoms. The molecule has 0 spiro atoms. The first kappa shape index (κ1) is 26.0. The van der Waals surface area contributed by atoms with Crippen molar-refractivity contribution in [1.29, 1.82) is 0 Å². The van der Waals surface area contributed by atoms with E-state index in [-0.39, 0.29) is 36.3 Å². The third-order valence-corrected chi connectivity index (χ3v) is 4.55. The molecule has 8 heteroatoms. The number of nitrogens with one attached hydrogen (secondary N) is 2. The maximum absolute atomic E-state index is 13.2. The van der Waals surface area contributed by atoms with E-state index in [1.165, 1.54) is 12.1 Å². The Labute approximate surface area is 194 Å². The summed E-state index contributed by atoms with van der Waals surface area (Å²) in [6.45, 7) is 5.42. The average molecular weight is 531 g/mol. The van der Waals surface area contributed by atoms with Gasteiger partial charge in [0.1, 0.15) is 5.82 Å². The number of benzene rings is 2. The zero-order chi connectivity index (χ0) is 21.2. The molecular formula is C22H31FIN3O3. The molecule has 2 aromatic rings. The first-order valence-corrected chi connectivity index (χ1v) is 9.65. The Morgan fingerprint density at radius 1 is 1.10 bits per heavy atom. The minimum Gasteiger partial charge on any atom is -0.493 e. The van der Waals surface area contributed by atoms with Crippen LogP contribution in [0.4, 0.5) is 4.39 Å². The lowest BCUT2D eigenvalue weighted by Crippen LogP contribution is -2.38. The summed E-state index contributed by atoms with van der Waals surface area (Å²) < 4.78 is 23.7. The van der Waals surface area contributed by atoms with Crippen LogP contribution < -0.4 is 20.1 Å². The normalized spacial score (nSPS) is 12.0. The van der Waals surface area contributed by atoms with Gasteiger partial charge in [0.2, 0.25) is 0 Å². The highest BCUT2D eigenvalue weighted by Gasteiger charge is 2.12. The van der Waals surface area contributed by atoms with Gasteiger partial charge in [-0.3, -0.25) is 4.99 Å². The van der Waals surface area contributed by atoms with Gasteiger partial charge in [-0.15, -0.1) is 24.0 Å². The first-order chi connectivity index (χ1) is 14.0. The van der Waals surface area contributed by atoms with E-state index in [0.717, 1.165) is 17.5 Å². The molecule has 0 saturated heterocycles. The van der Waals surface area contributed by atoms with Gasteiger partial charge in [0, 0.05) is 13.1 Å². The molecule has 0 aromatic heterocycles. The number of aliphatic imine (C=N–C) groups is 1. The fourth-order valence-electron chi connectivity index (χ4n) is 2.94. The van der Waals surface area contributed by atoms with Crippen molar-refractivity contribution in [2.24, 2.45) is 4.99 Å². The van der Waals surface area contributed by atoms with Crippen molar-refractivity contribution in [2.45, 2.75) is 26.4 Å². The zero-order valence-electron chi connectivity index (χ0n) is 17.9. The Morgan fingerprint density at radius 3 is 2.47 bits per heavy atom. The van der Waals surface area contributed by atoms with E-state index in [0.29, 0.717) is 36.1 Å². The molecular weight excluding hydrogens is 500 g/mol. The Hall–Kier alpha value is -2.07. The zero-order valence-corrected chi connectivity index (χ0v) is 20.2. The van der Waals surface area contributed by atoms with Crippen LogP contribution in [-0.4, -0.2) is 44.9 Å². The lowest BCUT2D eigenvalue weighted by Gasteiger charge is -2.15. The minimum atomic E-state index is -0.774. The first-order valence-electron chi connectivity index (χ1n) is 9.65. The topological polar surface area (TPSA) is 75.1 Å². The van der Waals surface area contributed by atoms with Crippen LogP contribution in [0.5, 0.6) is 11.5 Å². The molecule has 0 aliphatic heterocycles. The average Bonchev–Trinajstić information content (AvgIpc) is 2.72. The van der Waals surface area contributed by atoms with Crippen molar-refractivity contribution in [3.05, 3.63) is 58.9 Å². The number of aliphatic hydroxyl groups excluding tert-OH is 1. The summed E-state index contributed by atoms with van der Waals surface area (Å²) in [6, 6.07) is 10.1. The summed E-state index contributed by atoms with van der Waals surface area (Å²) in [6.07, 6.45) is -0.0287. The fourth-order valence-corrected chi connectivity index (χ4v) is 2.94. The Bertz CT molecular complexity index is 833. The van der Waals surface area contributed by atoms with Crippen LogP contribution in [0.2, 0.25) is 0 Å². The fraction of sp³-hybridized carbons (Fsp3) is 0.409. The predicted octanol–water partition coefficient (Wildman–Crippen LogP) is 3.60. The van der Waals surface area contributed by atoms with E-state index < -0.39 is 6.10 Å². The third-order valence-electron chi connectivity index (χ3n) is 4.55. The summed E-state index contributed by atoms with van der Waals surface area (Å²) in [7, 11) is 3.13. The van der Waals surface area contributed by atoms with Gasteiger partial charge in [0.25, 0.3) is 0 Å². The van der Waals surface area contributed by atoms with Crippen LogP contribution in [-0.2, 0) is 6.42 Å². The van der Waals surface area contributed by atoms with Crippen LogP contribution >= 0.6 is 24.0 Å². The highest BCUT2D eigenvalue weighted by molar-refractivity contribution is 14.0. The highest BCUT2D eigenvalue weighted by Crippen LogP contribution is 2.30. The van der Waals surface area contributed by atoms with Crippen molar-refractivity contribution >= 4 is 29.9 Å². The lowest BCUT2D eigenvalue weighted by molar-refractivity contribution is 0.186. The molecule has 166 valence electrons. The maximum atomic E-state index is 13.2. The number of aliphatic hydroxyl groups is 1. The molecule has 0 radical (unpaired) electrons. The van der Waals surface area contributed by atoms with Crippen molar-refractivity contribution < 1.29 is 19.0 Å². The second-order valence-corrected chi connectivity index (χ2v) is 6.60. The third kappa shape index (κ3) is 7.64. The SMILES string of the molecule is CCNC(=NCC(O)c1ccc(OC)c(OC)c1)NCCc1ccc(F)cc1C.I. The number of aryl methyl sites for hydroxylation is 1. The Kier molecular flexibility index (Phi) is 11.5. The number of halogens is 2. The summed E-state index contributed by atoms with van der Waals surface area (Å²) in [5.74, 6) is 1.57. The van der Waals surface area contributed by atoms with Gasteiger partial charge < -0.3 is 25.2 Å².